The molecular weight excluding hydrogens is 282 g/mol. The second kappa shape index (κ2) is 7.14. The Kier molecular flexibility index (Phi) is 5.82. The van der Waals surface area contributed by atoms with E-state index in [1.54, 1.807) is 24.3 Å². The van der Waals surface area contributed by atoms with Gasteiger partial charge in [0.2, 0.25) is 10.0 Å². The van der Waals surface area contributed by atoms with Gasteiger partial charge in [-0.05, 0) is 18.6 Å². The van der Waals surface area contributed by atoms with Gasteiger partial charge in [0.25, 0.3) is 0 Å². The molecule has 0 amide bonds. The van der Waals surface area contributed by atoms with E-state index >= 15 is 0 Å². The van der Waals surface area contributed by atoms with Gasteiger partial charge in [0, 0.05) is 19.0 Å². The van der Waals surface area contributed by atoms with Crippen LogP contribution in [0.2, 0.25) is 0 Å². The molecule has 0 spiro atoms. The zero-order valence-electron chi connectivity index (χ0n) is 11.8. The monoisotopic (exact) mass is 301 g/mol. The maximum atomic E-state index is 11.8. The van der Waals surface area contributed by atoms with Gasteiger partial charge in [-0.15, -0.1) is 0 Å². The minimum atomic E-state index is -3.42. The summed E-state index contributed by atoms with van der Waals surface area (Å²) in [6, 6.07) is 6.77. The lowest BCUT2D eigenvalue weighted by atomic mass is 10.2. The van der Waals surface area contributed by atoms with Crippen molar-refractivity contribution in [3.05, 3.63) is 24.3 Å². The summed E-state index contributed by atoms with van der Waals surface area (Å²) >= 11 is 0. The van der Waals surface area contributed by atoms with Crippen LogP contribution in [-0.2, 0) is 19.6 Å². The molecule has 0 aliphatic carbocycles. The van der Waals surface area contributed by atoms with Crippen LogP contribution in [0.15, 0.2) is 24.3 Å². The second-order valence-electron chi connectivity index (χ2n) is 4.22. The summed E-state index contributed by atoms with van der Waals surface area (Å²) in [4.78, 5) is 11.1. The first kappa shape index (κ1) is 16.3. The molecule has 0 saturated carbocycles. The van der Waals surface area contributed by atoms with E-state index in [9.17, 15) is 13.2 Å². The van der Waals surface area contributed by atoms with Crippen LogP contribution in [0.5, 0.6) is 5.75 Å². The van der Waals surface area contributed by atoms with Crippen molar-refractivity contribution < 1.29 is 22.7 Å². The largest absolute Gasteiger partial charge is 0.497 e. The van der Waals surface area contributed by atoms with Crippen molar-refractivity contribution in [2.45, 2.75) is 12.8 Å². The van der Waals surface area contributed by atoms with Crippen molar-refractivity contribution in [1.29, 1.82) is 0 Å². The summed E-state index contributed by atoms with van der Waals surface area (Å²) in [6.45, 7) is 0.209. The highest BCUT2D eigenvalue weighted by Gasteiger charge is 2.18. The predicted octanol–water partition coefficient (Wildman–Crippen LogP) is 1.41. The minimum absolute atomic E-state index is 0.173. The molecule has 0 aliphatic heterocycles. The van der Waals surface area contributed by atoms with Gasteiger partial charge in [-0.3, -0.25) is 9.10 Å². The number of esters is 1. The van der Waals surface area contributed by atoms with E-state index in [0.717, 1.165) is 6.26 Å². The van der Waals surface area contributed by atoms with E-state index in [-0.39, 0.29) is 18.9 Å². The first-order valence-electron chi connectivity index (χ1n) is 6.07. The molecule has 1 aromatic rings. The van der Waals surface area contributed by atoms with Gasteiger partial charge in [0.15, 0.2) is 0 Å². The number of anilines is 1. The maximum Gasteiger partial charge on any atom is 0.305 e. The number of sulfonamides is 1. The fraction of sp³-hybridized carbons (Fsp3) is 0.462. The lowest BCUT2D eigenvalue weighted by Crippen LogP contribution is -2.31. The van der Waals surface area contributed by atoms with Crippen LogP contribution in [0, 0.1) is 0 Å². The molecule has 0 N–H and O–H groups in total. The Morgan fingerprint density at radius 3 is 2.55 bits per heavy atom. The third-order valence-electron chi connectivity index (χ3n) is 2.71. The third kappa shape index (κ3) is 4.73. The number of nitrogens with zero attached hydrogens (tertiary/aromatic N) is 1. The SMILES string of the molecule is COC(=O)CCCN(c1cccc(OC)c1)S(C)(=O)=O. The van der Waals surface area contributed by atoms with Crippen molar-refractivity contribution in [2.75, 3.05) is 31.3 Å². The standard InChI is InChI=1S/C13H19NO5S/c1-18-12-7-4-6-11(10-12)14(20(3,16)17)9-5-8-13(15)19-2/h4,6-7,10H,5,8-9H2,1-3H3. The molecule has 0 saturated heterocycles. The summed E-state index contributed by atoms with van der Waals surface area (Å²) in [5.74, 6) is 0.216. The fourth-order valence-electron chi connectivity index (χ4n) is 1.72. The van der Waals surface area contributed by atoms with Crippen LogP contribution in [0.25, 0.3) is 0 Å². The molecule has 0 aliphatic rings. The molecule has 0 heterocycles. The molecular formula is C13H19NO5S. The average Bonchev–Trinajstić information content (AvgIpc) is 2.41. The molecule has 0 fully saturated rings. The van der Waals surface area contributed by atoms with Crippen LogP contribution in [-0.4, -0.2) is 41.4 Å². The van der Waals surface area contributed by atoms with E-state index in [0.29, 0.717) is 17.9 Å². The van der Waals surface area contributed by atoms with Crippen molar-refractivity contribution in [2.24, 2.45) is 0 Å². The Balaban J connectivity index is 2.87. The average molecular weight is 301 g/mol. The Morgan fingerprint density at radius 2 is 2.00 bits per heavy atom. The van der Waals surface area contributed by atoms with Gasteiger partial charge in [-0.2, -0.15) is 0 Å². The molecule has 0 unspecified atom stereocenters. The number of ether oxygens (including phenoxy) is 2. The number of hydrogen-bond acceptors (Lipinski definition) is 5. The Labute approximate surface area is 119 Å². The van der Waals surface area contributed by atoms with Gasteiger partial charge < -0.3 is 9.47 Å². The van der Waals surface area contributed by atoms with Crippen LogP contribution < -0.4 is 9.04 Å². The smallest absolute Gasteiger partial charge is 0.305 e. The van der Waals surface area contributed by atoms with Crippen molar-refractivity contribution in [1.82, 2.24) is 0 Å². The highest BCUT2D eigenvalue weighted by atomic mass is 32.2. The second-order valence-corrected chi connectivity index (χ2v) is 6.12. The number of carbonyl (C=O) groups is 1. The first-order valence-corrected chi connectivity index (χ1v) is 7.92. The topological polar surface area (TPSA) is 72.9 Å². The van der Waals surface area contributed by atoms with E-state index in [1.165, 1.54) is 18.5 Å². The lowest BCUT2D eigenvalue weighted by Gasteiger charge is -2.22. The van der Waals surface area contributed by atoms with Gasteiger partial charge in [-0.1, -0.05) is 6.07 Å². The first-order chi connectivity index (χ1) is 9.38. The molecule has 6 nitrogen and oxygen atoms in total. The summed E-state index contributed by atoms with van der Waals surface area (Å²) in [7, 11) is -0.603. The van der Waals surface area contributed by atoms with Gasteiger partial charge >= 0.3 is 5.97 Å². The number of hydrogen-bond donors (Lipinski definition) is 0. The lowest BCUT2D eigenvalue weighted by molar-refractivity contribution is -0.140. The molecule has 0 atom stereocenters. The van der Waals surface area contributed by atoms with Crippen LogP contribution >= 0.6 is 0 Å². The van der Waals surface area contributed by atoms with Crippen LogP contribution in [0.4, 0.5) is 5.69 Å². The summed E-state index contributed by atoms with van der Waals surface area (Å²) < 4.78 is 34.6. The van der Waals surface area contributed by atoms with Crippen LogP contribution in [0.1, 0.15) is 12.8 Å². The molecule has 1 aromatic carbocycles. The number of rotatable bonds is 7. The van der Waals surface area contributed by atoms with Crippen molar-refractivity contribution >= 4 is 21.7 Å². The highest BCUT2D eigenvalue weighted by Crippen LogP contribution is 2.23. The molecule has 20 heavy (non-hydrogen) atoms. The predicted molar refractivity (Wildman–Crippen MR) is 76.4 cm³/mol. The van der Waals surface area contributed by atoms with Gasteiger partial charge in [-0.25, -0.2) is 8.42 Å². The minimum Gasteiger partial charge on any atom is -0.497 e. The fourth-order valence-corrected chi connectivity index (χ4v) is 2.68. The summed E-state index contributed by atoms with van der Waals surface area (Å²) in [6.07, 6.45) is 1.69. The zero-order chi connectivity index (χ0) is 15.2. The molecule has 112 valence electrons. The molecule has 0 bridgehead atoms. The van der Waals surface area contributed by atoms with E-state index < -0.39 is 10.0 Å². The normalized spacial score (nSPS) is 10.9. The number of benzene rings is 1. The zero-order valence-corrected chi connectivity index (χ0v) is 12.6. The third-order valence-corrected chi connectivity index (χ3v) is 3.91. The summed E-state index contributed by atoms with van der Waals surface area (Å²) in [5, 5.41) is 0. The van der Waals surface area contributed by atoms with Crippen molar-refractivity contribution in [3.63, 3.8) is 0 Å². The Hall–Kier alpha value is -1.76. The molecule has 7 heteroatoms. The van der Waals surface area contributed by atoms with Gasteiger partial charge in [0.05, 0.1) is 26.2 Å². The Morgan fingerprint density at radius 1 is 1.30 bits per heavy atom. The van der Waals surface area contributed by atoms with Crippen LogP contribution in [0.3, 0.4) is 0 Å². The Bertz CT molecular complexity index is 556. The van der Waals surface area contributed by atoms with Gasteiger partial charge in [0.1, 0.15) is 5.75 Å². The highest BCUT2D eigenvalue weighted by molar-refractivity contribution is 7.92. The maximum absolute atomic E-state index is 11.8. The molecule has 0 aromatic heterocycles. The number of carbonyl (C=O) groups excluding carboxylic acids is 1. The quantitative estimate of drug-likeness (QED) is 0.712. The van der Waals surface area contributed by atoms with Crippen molar-refractivity contribution in [3.8, 4) is 5.75 Å². The van der Waals surface area contributed by atoms with E-state index in [1.807, 2.05) is 0 Å². The van der Waals surface area contributed by atoms with E-state index in [2.05, 4.69) is 4.74 Å². The summed E-state index contributed by atoms with van der Waals surface area (Å²) in [5.41, 5.74) is 0.511. The number of methoxy groups -OCH3 is 2. The van der Waals surface area contributed by atoms with E-state index in [4.69, 9.17) is 4.74 Å². The molecule has 0 radical (unpaired) electrons. The molecule has 1 rings (SSSR count).